The van der Waals surface area contributed by atoms with Crippen molar-refractivity contribution in [3.63, 3.8) is 0 Å². The van der Waals surface area contributed by atoms with Crippen LogP contribution in [0.4, 0.5) is 0 Å². The number of rotatable bonds is 4. The van der Waals surface area contributed by atoms with E-state index in [1.807, 2.05) is 43.3 Å². The molecule has 0 radical (unpaired) electrons. The van der Waals surface area contributed by atoms with Crippen LogP contribution in [0.3, 0.4) is 0 Å². The Labute approximate surface area is 161 Å². The van der Waals surface area contributed by atoms with Crippen molar-refractivity contribution in [2.24, 2.45) is 0 Å². The Hall–Kier alpha value is -1.82. The summed E-state index contributed by atoms with van der Waals surface area (Å²) in [6, 6.07) is 13.0. The average molecular weight is 390 g/mol. The van der Waals surface area contributed by atoms with Crippen molar-refractivity contribution < 1.29 is 9.90 Å². The number of halogens is 1. The topological polar surface area (TPSA) is 40.5 Å². The monoisotopic (exact) mass is 389 g/mol. The summed E-state index contributed by atoms with van der Waals surface area (Å²) in [7, 11) is 0. The molecule has 1 saturated heterocycles. The van der Waals surface area contributed by atoms with E-state index in [9.17, 15) is 9.90 Å². The third-order valence-corrected chi connectivity index (χ3v) is 5.67. The number of hydrogen-bond donors (Lipinski definition) is 1. The van der Waals surface area contributed by atoms with Crippen LogP contribution < -0.4 is 0 Å². The number of benzene rings is 2. The van der Waals surface area contributed by atoms with E-state index in [4.69, 9.17) is 23.8 Å². The lowest BCUT2D eigenvalue weighted by atomic mass is 10.0. The molecule has 1 aliphatic heterocycles. The van der Waals surface area contributed by atoms with Gasteiger partial charge in [-0.05, 0) is 48.7 Å². The second kappa shape index (κ2) is 7.60. The number of phenolic OH excluding ortho intramolecular Hbond substituents is 1. The second-order valence-electron chi connectivity index (χ2n) is 5.59. The lowest BCUT2D eigenvalue weighted by Crippen LogP contribution is -2.27. The largest absolute Gasteiger partial charge is 0.507 e. The van der Waals surface area contributed by atoms with Crippen molar-refractivity contribution in [3.05, 3.63) is 69.1 Å². The van der Waals surface area contributed by atoms with Crippen LogP contribution >= 0.6 is 35.6 Å². The predicted octanol–water partition coefficient (Wildman–Crippen LogP) is 4.86. The molecule has 0 unspecified atom stereocenters. The smallest absolute Gasteiger partial charge is 0.266 e. The summed E-state index contributed by atoms with van der Waals surface area (Å²) >= 11 is 12.7. The number of hydrogen-bond acceptors (Lipinski definition) is 4. The SMILES string of the molecule is CCN1C(=O)/C(=C/c2cc(Cc3ccccc3Cl)ccc2O)SC1=S. The summed E-state index contributed by atoms with van der Waals surface area (Å²) in [5.41, 5.74) is 2.61. The fourth-order valence-electron chi connectivity index (χ4n) is 2.61. The molecular formula is C19H16ClNO2S2. The molecule has 6 heteroatoms. The minimum atomic E-state index is -0.117. The van der Waals surface area contributed by atoms with Gasteiger partial charge in [0.2, 0.25) is 0 Å². The maximum absolute atomic E-state index is 12.3. The molecule has 2 aromatic carbocycles. The third-order valence-electron chi connectivity index (χ3n) is 3.92. The van der Waals surface area contributed by atoms with Crippen molar-refractivity contribution in [2.75, 3.05) is 6.54 Å². The van der Waals surface area contributed by atoms with Gasteiger partial charge < -0.3 is 5.11 Å². The molecule has 128 valence electrons. The van der Waals surface area contributed by atoms with Crippen molar-refractivity contribution in [1.29, 1.82) is 0 Å². The quantitative estimate of drug-likeness (QED) is 0.599. The van der Waals surface area contributed by atoms with E-state index >= 15 is 0 Å². The summed E-state index contributed by atoms with van der Waals surface area (Å²) in [6.07, 6.45) is 2.34. The molecule has 0 spiro atoms. The summed E-state index contributed by atoms with van der Waals surface area (Å²) in [5.74, 6) is 0.0121. The molecular weight excluding hydrogens is 374 g/mol. The number of amides is 1. The molecule has 1 fully saturated rings. The van der Waals surface area contributed by atoms with Gasteiger partial charge in [0.25, 0.3) is 5.91 Å². The maximum atomic E-state index is 12.3. The number of thiocarbonyl (C=S) groups is 1. The van der Waals surface area contributed by atoms with Gasteiger partial charge in [-0.1, -0.05) is 59.8 Å². The molecule has 0 saturated carbocycles. The normalized spacial score (nSPS) is 16.1. The second-order valence-corrected chi connectivity index (χ2v) is 7.67. The first-order valence-corrected chi connectivity index (χ1v) is 9.40. The molecule has 0 aromatic heterocycles. The molecule has 2 aromatic rings. The first kappa shape index (κ1) is 18.0. The van der Waals surface area contributed by atoms with Crippen LogP contribution in [-0.4, -0.2) is 26.8 Å². The van der Waals surface area contributed by atoms with Crippen LogP contribution in [0.25, 0.3) is 6.08 Å². The highest BCUT2D eigenvalue weighted by molar-refractivity contribution is 8.26. The molecule has 1 aliphatic rings. The van der Waals surface area contributed by atoms with E-state index in [0.29, 0.717) is 32.8 Å². The number of carbonyl (C=O) groups is 1. The number of aromatic hydroxyl groups is 1. The fraction of sp³-hybridized carbons (Fsp3) is 0.158. The van der Waals surface area contributed by atoms with Crippen molar-refractivity contribution in [1.82, 2.24) is 4.90 Å². The molecule has 0 atom stereocenters. The Morgan fingerprint density at radius 2 is 2.04 bits per heavy atom. The Morgan fingerprint density at radius 3 is 2.72 bits per heavy atom. The minimum absolute atomic E-state index is 0.117. The Kier molecular flexibility index (Phi) is 5.47. The Balaban J connectivity index is 1.90. The van der Waals surface area contributed by atoms with Gasteiger partial charge in [-0.3, -0.25) is 9.69 Å². The van der Waals surface area contributed by atoms with Gasteiger partial charge in [0.05, 0.1) is 4.91 Å². The first-order chi connectivity index (χ1) is 12.0. The van der Waals surface area contributed by atoms with Crippen LogP contribution in [0.2, 0.25) is 5.02 Å². The molecule has 0 aliphatic carbocycles. The van der Waals surface area contributed by atoms with Gasteiger partial charge in [-0.25, -0.2) is 0 Å². The van der Waals surface area contributed by atoms with Crippen LogP contribution in [0.5, 0.6) is 5.75 Å². The van der Waals surface area contributed by atoms with Crippen LogP contribution in [0.1, 0.15) is 23.6 Å². The molecule has 1 amide bonds. The van der Waals surface area contributed by atoms with E-state index in [0.717, 1.165) is 11.1 Å². The lowest BCUT2D eigenvalue weighted by Gasteiger charge is -2.10. The van der Waals surface area contributed by atoms with E-state index in [1.54, 1.807) is 17.0 Å². The summed E-state index contributed by atoms with van der Waals surface area (Å²) in [4.78, 5) is 14.4. The van der Waals surface area contributed by atoms with Gasteiger partial charge in [0, 0.05) is 17.1 Å². The third kappa shape index (κ3) is 3.89. The highest BCUT2D eigenvalue weighted by atomic mass is 35.5. The molecule has 3 rings (SSSR count). The van der Waals surface area contributed by atoms with Gasteiger partial charge in [0.15, 0.2) is 0 Å². The summed E-state index contributed by atoms with van der Waals surface area (Å²) in [5, 5.41) is 10.9. The molecule has 0 bridgehead atoms. The minimum Gasteiger partial charge on any atom is -0.507 e. The van der Waals surface area contributed by atoms with E-state index in [-0.39, 0.29) is 11.7 Å². The number of phenols is 1. The van der Waals surface area contributed by atoms with Crippen LogP contribution in [-0.2, 0) is 11.2 Å². The van der Waals surface area contributed by atoms with E-state index in [1.165, 1.54) is 11.8 Å². The van der Waals surface area contributed by atoms with Crippen molar-refractivity contribution in [2.45, 2.75) is 13.3 Å². The lowest BCUT2D eigenvalue weighted by molar-refractivity contribution is -0.121. The zero-order valence-corrected chi connectivity index (χ0v) is 15.9. The average Bonchev–Trinajstić information content (AvgIpc) is 2.86. The molecule has 25 heavy (non-hydrogen) atoms. The highest BCUT2D eigenvalue weighted by Crippen LogP contribution is 2.34. The van der Waals surface area contributed by atoms with Crippen LogP contribution in [0.15, 0.2) is 47.4 Å². The van der Waals surface area contributed by atoms with Gasteiger partial charge in [0.1, 0.15) is 10.1 Å². The Morgan fingerprint density at radius 1 is 1.28 bits per heavy atom. The zero-order valence-electron chi connectivity index (χ0n) is 13.5. The van der Waals surface area contributed by atoms with Gasteiger partial charge >= 0.3 is 0 Å². The van der Waals surface area contributed by atoms with E-state index < -0.39 is 0 Å². The van der Waals surface area contributed by atoms with E-state index in [2.05, 4.69) is 0 Å². The van der Waals surface area contributed by atoms with Gasteiger partial charge in [-0.2, -0.15) is 0 Å². The number of nitrogens with zero attached hydrogens (tertiary/aromatic N) is 1. The molecule has 3 nitrogen and oxygen atoms in total. The standard InChI is InChI=1S/C19H16ClNO2S2/c1-2-21-18(23)17(25-19(21)24)11-14-10-12(7-8-16(14)22)9-13-5-3-4-6-15(13)20/h3-8,10-11,22H,2,9H2,1H3/b17-11-. The highest BCUT2D eigenvalue weighted by Gasteiger charge is 2.30. The van der Waals surface area contributed by atoms with Crippen LogP contribution in [0, 0.1) is 0 Å². The summed E-state index contributed by atoms with van der Waals surface area (Å²) < 4.78 is 0.547. The number of carbonyl (C=O) groups excluding carboxylic acids is 1. The summed E-state index contributed by atoms with van der Waals surface area (Å²) in [6.45, 7) is 2.43. The van der Waals surface area contributed by atoms with Crippen molar-refractivity contribution >= 4 is 51.9 Å². The first-order valence-electron chi connectivity index (χ1n) is 7.80. The number of thioether (sulfide) groups is 1. The molecule has 1 heterocycles. The zero-order chi connectivity index (χ0) is 18.0. The molecule has 1 N–H and O–H groups in total. The number of likely N-dealkylation sites (N-methyl/N-ethyl adjacent to an activating group) is 1. The Bertz CT molecular complexity index is 879. The van der Waals surface area contributed by atoms with Gasteiger partial charge in [-0.15, -0.1) is 0 Å². The van der Waals surface area contributed by atoms with Crippen molar-refractivity contribution in [3.8, 4) is 5.75 Å². The maximum Gasteiger partial charge on any atom is 0.266 e. The predicted molar refractivity (Wildman–Crippen MR) is 108 cm³/mol. The fourth-order valence-corrected chi connectivity index (χ4v) is 4.18.